The van der Waals surface area contributed by atoms with Crippen LogP contribution >= 0.6 is 0 Å². The van der Waals surface area contributed by atoms with Gasteiger partial charge in [0.25, 0.3) is 0 Å². The quantitative estimate of drug-likeness (QED) is 0.796. The van der Waals surface area contributed by atoms with Crippen molar-refractivity contribution in [3.63, 3.8) is 0 Å². The molecule has 0 saturated carbocycles. The Morgan fingerprint density at radius 3 is 2.64 bits per heavy atom. The first-order valence-electron chi connectivity index (χ1n) is 4.57. The SMILES string of the molecule is CC(C(O)C(C)(C)CF)n1cncn1. The van der Waals surface area contributed by atoms with Gasteiger partial charge in [-0.2, -0.15) is 5.10 Å². The molecule has 0 amide bonds. The molecule has 2 atom stereocenters. The molecule has 0 aromatic carbocycles. The molecular weight excluding hydrogens is 185 g/mol. The van der Waals surface area contributed by atoms with Crippen LogP contribution in [0.5, 0.6) is 0 Å². The van der Waals surface area contributed by atoms with Crippen molar-refractivity contribution in [3.8, 4) is 0 Å². The van der Waals surface area contributed by atoms with E-state index in [9.17, 15) is 9.50 Å². The van der Waals surface area contributed by atoms with E-state index in [1.54, 1.807) is 20.8 Å². The highest BCUT2D eigenvalue weighted by Gasteiger charge is 2.33. The van der Waals surface area contributed by atoms with E-state index in [0.29, 0.717) is 0 Å². The molecule has 0 aliphatic heterocycles. The molecule has 4 nitrogen and oxygen atoms in total. The van der Waals surface area contributed by atoms with Gasteiger partial charge in [0.05, 0.1) is 18.8 Å². The van der Waals surface area contributed by atoms with E-state index >= 15 is 0 Å². The molecule has 0 bridgehead atoms. The maximum atomic E-state index is 12.6. The number of aliphatic hydroxyl groups excluding tert-OH is 1. The number of rotatable bonds is 4. The van der Waals surface area contributed by atoms with Crippen molar-refractivity contribution in [2.45, 2.75) is 32.9 Å². The van der Waals surface area contributed by atoms with Crippen LogP contribution in [0, 0.1) is 5.41 Å². The zero-order valence-corrected chi connectivity index (χ0v) is 8.68. The summed E-state index contributed by atoms with van der Waals surface area (Å²) in [5.41, 5.74) is -0.759. The summed E-state index contributed by atoms with van der Waals surface area (Å²) in [6.45, 7) is 4.60. The van der Waals surface area contributed by atoms with E-state index in [1.807, 2.05) is 0 Å². The van der Waals surface area contributed by atoms with Crippen LogP contribution in [-0.2, 0) is 0 Å². The first kappa shape index (κ1) is 11.1. The van der Waals surface area contributed by atoms with E-state index in [4.69, 9.17) is 0 Å². The van der Waals surface area contributed by atoms with Gasteiger partial charge in [-0.25, -0.2) is 9.67 Å². The zero-order valence-electron chi connectivity index (χ0n) is 8.68. The van der Waals surface area contributed by atoms with E-state index in [0.717, 1.165) is 0 Å². The summed E-state index contributed by atoms with van der Waals surface area (Å²) in [7, 11) is 0. The van der Waals surface area contributed by atoms with Crippen LogP contribution in [0.2, 0.25) is 0 Å². The third kappa shape index (κ3) is 2.09. The second-order valence-electron chi connectivity index (χ2n) is 4.18. The summed E-state index contributed by atoms with van der Waals surface area (Å²) in [5, 5.41) is 13.8. The number of hydrogen-bond donors (Lipinski definition) is 1. The van der Waals surface area contributed by atoms with Crippen molar-refractivity contribution in [2.24, 2.45) is 5.41 Å². The monoisotopic (exact) mass is 201 g/mol. The minimum absolute atomic E-state index is 0.275. The van der Waals surface area contributed by atoms with Gasteiger partial charge < -0.3 is 5.11 Å². The van der Waals surface area contributed by atoms with E-state index in [1.165, 1.54) is 17.3 Å². The molecule has 0 saturated heterocycles. The van der Waals surface area contributed by atoms with Gasteiger partial charge in [-0.05, 0) is 6.92 Å². The minimum Gasteiger partial charge on any atom is -0.390 e. The number of halogens is 1. The third-order valence-corrected chi connectivity index (χ3v) is 2.46. The summed E-state index contributed by atoms with van der Waals surface area (Å²) < 4.78 is 14.1. The second-order valence-corrected chi connectivity index (χ2v) is 4.18. The van der Waals surface area contributed by atoms with Crippen LogP contribution < -0.4 is 0 Å². The van der Waals surface area contributed by atoms with Crippen molar-refractivity contribution < 1.29 is 9.50 Å². The maximum absolute atomic E-state index is 12.6. The number of hydrogen-bond acceptors (Lipinski definition) is 3. The highest BCUT2D eigenvalue weighted by molar-refractivity contribution is 4.84. The summed E-state index contributed by atoms with van der Waals surface area (Å²) in [5.74, 6) is 0. The highest BCUT2D eigenvalue weighted by atomic mass is 19.1. The lowest BCUT2D eigenvalue weighted by Crippen LogP contribution is -2.37. The van der Waals surface area contributed by atoms with Crippen LogP contribution in [0.4, 0.5) is 4.39 Å². The fourth-order valence-corrected chi connectivity index (χ4v) is 1.30. The van der Waals surface area contributed by atoms with Crippen LogP contribution in [0.3, 0.4) is 0 Å². The lowest BCUT2D eigenvalue weighted by atomic mass is 9.84. The number of nitrogens with zero attached hydrogens (tertiary/aromatic N) is 3. The van der Waals surface area contributed by atoms with Crippen molar-refractivity contribution in [1.29, 1.82) is 0 Å². The van der Waals surface area contributed by atoms with E-state index in [-0.39, 0.29) is 6.04 Å². The normalized spacial score (nSPS) is 16.6. The standard InChI is InChI=1S/C9H16FN3O/c1-7(13-6-11-5-12-13)8(14)9(2,3)4-10/h5-8,14H,4H2,1-3H3. The second kappa shape index (κ2) is 4.04. The summed E-state index contributed by atoms with van der Waals surface area (Å²) >= 11 is 0. The lowest BCUT2D eigenvalue weighted by molar-refractivity contribution is -0.00542. The van der Waals surface area contributed by atoms with Crippen molar-refractivity contribution >= 4 is 0 Å². The molecule has 5 heteroatoms. The van der Waals surface area contributed by atoms with Gasteiger partial charge in [0.2, 0.25) is 0 Å². The molecule has 14 heavy (non-hydrogen) atoms. The fourth-order valence-electron chi connectivity index (χ4n) is 1.30. The number of aromatic nitrogens is 3. The Bertz CT molecular complexity index is 274. The molecule has 0 aliphatic rings. The van der Waals surface area contributed by atoms with Crippen molar-refractivity contribution in [3.05, 3.63) is 12.7 Å². The van der Waals surface area contributed by atoms with Crippen molar-refractivity contribution in [1.82, 2.24) is 14.8 Å². The number of alkyl halides is 1. The molecule has 0 fully saturated rings. The first-order valence-corrected chi connectivity index (χ1v) is 4.57. The van der Waals surface area contributed by atoms with Crippen LogP contribution in [0.1, 0.15) is 26.8 Å². The molecule has 1 aromatic rings. The molecule has 1 aromatic heterocycles. The van der Waals surface area contributed by atoms with Gasteiger partial charge in [0, 0.05) is 5.41 Å². The molecule has 1 rings (SSSR count). The smallest absolute Gasteiger partial charge is 0.137 e. The molecule has 80 valence electrons. The average molecular weight is 201 g/mol. The minimum atomic E-state index is -0.783. The maximum Gasteiger partial charge on any atom is 0.137 e. The summed E-state index contributed by atoms with van der Waals surface area (Å²) in [4.78, 5) is 3.78. The number of aliphatic hydroxyl groups is 1. The fraction of sp³-hybridized carbons (Fsp3) is 0.778. The van der Waals surface area contributed by atoms with E-state index in [2.05, 4.69) is 10.1 Å². The Balaban J connectivity index is 2.75. The molecule has 0 radical (unpaired) electrons. The molecule has 0 spiro atoms. The van der Waals surface area contributed by atoms with Gasteiger partial charge in [-0.1, -0.05) is 13.8 Å². The van der Waals surface area contributed by atoms with Crippen LogP contribution in [0.15, 0.2) is 12.7 Å². The Kier molecular flexibility index (Phi) is 3.21. The molecule has 0 aliphatic carbocycles. The largest absolute Gasteiger partial charge is 0.390 e. The summed E-state index contributed by atoms with van der Waals surface area (Å²) in [6.07, 6.45) is 2.13. The molecule has 1 N–H and O–H groups in total. The van der Waals surface area contributed by atoms with E-state index < -0.39 is 18.2 Å². The van der Waals surface area contributed by atoms with Crippen LogP contribution in [0.25, 0.3) is 0 Å². The Hall–Kier alpha value is -0.970. The van der Waals surface area contributed by atoms with Gasteiger partial charge in [-0.15, -0.1) is 0 Å². The lowest BCUT2D eigenvalue weighted by Gasteiger charge is -2.31. The van der Waals surface area contributed by atoms with Crippen LogP contribution in [-0.4, -0.2) is 32.6 Å². The predicted octanol–water partition coefficient (Wildman–Crippen LogP) is 1.20. The van der Waals surface area contributed by atoms with Crippen molar-refractivity contribution in [2.75, 3.05) is 6.67 Å². The molecule has 2 unspecified atom stereocenters. The Labute approximate surface area is 82.8 Å². The third-order valence-electron chi connectivity index (χ3n) is 2.46. The zero-order chi connectivity index (χ0) is 10.8. The Morgan fingerprint density at radius 2 is 2.21 bits per heavy atom. The predicted molar refractivity (Wildman–Crippen MR) is 50.5 cm³/mol. The van der Waals surface area contributed by atoms with Gasteiger partial charge >= 0.3 is 0 Å². The first-order chi connectivity index (χ1) is 6.49. The average Bonchev–Trinajstić information content (AvgIpc) is 2.68. The van der Waals surface area contributed by atoms with Gasteiger partial charge in [-0.3, -0.25) is 4.39 Å². The Morgan fingerprint density at radius 1 is 1.57 bits per heavy atom. The van der Waals surface area contributed by atoms with Gasteiger partial charge in [0.15, 0.2) is 0 Å². The summed E-state index contributed by atoms with van der Waals surface area (Å²) in [6, 6.07) is -0.275. The molecular formula is C9H16FN3O. The highest BCUT2D eigenvalue weighted by Crippen LogP contribution is 2.28. The topological polar surface area (TPSA) is 50.9 Å². The van der Waals surface area contributed by atoms with Gasteiger partial charge in [0.1, 0.15) is 12.7 Å². The molecule has 1 heterocycles.